The van der Waals surface area contributed by atoms with Gasteiger partial charge < -0.3 is 16.2 Å². The van der Waals surface area contributed by atoms with Gasteiger partial charge in [0.25, 0.3) is 0 Å². The van der Waals surface area contributed by atoms with Gasteiger partial charge in [0, 0.05) is 18.0 Å². The van der Waals surface area contributed by atoms with Crippen LogP contribution in [-0.2, 0) is 4.79 Å². The number of carbonyl (C=O) groups is 1. The van der Waals surface area contributed by atoms with Gasteiger partial charge in [0.15, 0.2) is 0 Å². The van der Waals surface area contributed by atoms with Gasteiger partial charge in [-0.05, 0) is 18.2 Å². The maximum Gasteiger partial charge on any atom is 0.304 e. The summed E-state index contributed by atoms with van der Waals surface area (Å²) in [6.07, 6.45) is 0.0661. The van der Waals surface area contributed by atoms with E-state index < -0.39 is 11.8 Å². The van der Waals surface area contributed by atoms with Crippen molar-refractivity contribution in [1.29, 1.82) is 0 Å². The Bertz CT molecular complexity index is 449. The number of thioether (sulfide) groups is 1. The minimum absolute atomic E-state index is 0.0661. The van der Waals surface area contributed by atoms with Crippen molar-refractivity contribution in [1.82, 2.24) is 5.32 Å². The van der Waals surface area contributed by atoms with E-state index in [9.17, 15) is 9.18 Å². The fraction of sp³-hybridized carbons (Fsp3) is 0.364. The fourth-order valence-corrected chi connectivity index (χ4v) is 3.08. The number of aliphatic carboxylic acids is 1. The predicted octanol–water partition coefficient (Wildman–Crippen LogP) is 1.32. The third-order valence-electron chi connectivity index (χ3n) is 2.67. The van der Waals surface area contributed by atoms with Gasteiger partial charge in [-0.25, -0.2) is 4.39 Å². The van der Waals surface area contributed by atoms with E-state index in [1.807, 2.05) is 0 Å². The molecular weight excluding hydrogens is 243 g/mol. The molecule has 1 saturated heterocycles. The van der Waals surface area contributed by atoms with Crippen LogP contribution in [0.4, 0.5) is 10.1 Å². The van der Waals surface area contributed by atoms with Crippen molar-refractivity contribution in [3.05, 3.63) is 24.0 Å². The van der Waals surface area contributed by atoms with Crippen molar-refractivity contribution in [3.63, 3.8) is 0 Å². The Morgan fingerprint density at radius 2 is 2.29 bits per heavy atom. The lowest BCUT2D eigenvalue weighted by atomic mass is 9.98. The minimum atomic E-state index is -0.838. The number of benzene rings is 1. The molecule has 0 amide bonds. The van der Waals surface area contributed by atoms with Crippen LogP contribution in [0.5, 0.6) is 0 Å². The third-order valence-corrected chi connectivity index (χ3v) is 4.03. The summed E-state index contributed by atoms with van der Waals surface area (Å²) < 4.78 is 12.9. The molecule has 0 unspecified atom stereocenters. The molecular formula is C11H13FN2O2S. The van der Waals surface area contributed by atoms with Crippen LogP contribution in [0, 0.1) is 5.82 Å². The van der Waals surface area contributed by atoms with Crippen molar-refractivity contribution in [2.24, 2.45) is 0 Å². The molecule has 17 heavy (non-hydrogen) atoms. The normalized spacial score (nSPS) is 17.5. The van der Waals surface area contributed by atoms with Gasteiger partial charge in [-0.15, -0.1) is 11.8 Å². The molecule has 0 bridgehead atoms. The second kappa shape index (κ2) is 4.54. The molecule has 92 valence electrons. The Morgan fingerprint density at radius 3 is 2.76 bits per heavy atom. The van der Waals surface area contributed by atoms with Gasteiger partial charge in [0.2, 0.25) is 0 Å². The van der Waals surface area contributed by atoms with E-state index in [-0.39, 0.29) is 16.9 Å². The van der Waals surface area contributed by atoms with E-state index >= 15 is 0 Å². The zero-order valence-electron chi connectivity index (χ0n) is 9.07. The number of hydrogen-bond donors (Lipinski definition) is 3. The quantitative estimate of drug-likeness (QED) is 0.708. The first-order valence-corrected chi connectivity index (χ1v) is 5.99. The summed E-state index contributed by atoms with van der Waals surface area (Å²) in [5.74, 6) is -1.30. The number of nitrogens with one attached hydrogen (secondary N) is 1. The molecule has 0 atom stereocenters. The van der Waals surface area contributed by atoms with Gasteiger partial charge in [-0.1, -0.05) is 0 Å². The molecule has 4 N–H and O–H groups in total. The predicted molar refractivity (Wildman–Crippen MR) is 64.5 cm³/mol. The zero-order chi connectivity index (χ0) is 12.5. The molecule has 1 fully saturated rings. The number of carboxylic acid groups (broad SMARTS) is 1. The topological polar surface area (TPSA) is 75.4 Å². The molecule has 4 nitrogen and oxygen atoms in total. The van der Waals surface area contributed by atoms with E-state index in [0.717, 1.165) is 0 Å². The second-order valence-electron chi connectivity index (χ2n) is 4.14. The van der Waals surface area contributed by atoms with E-state index in [0.29, 0.717) is 18.0 Å². The lowest BCUT2D eigenvalue weighted by Crippen LogP contribution is -2.57. The molecule has 1 aromatic rings. The Hall–Kier alpha value is -1.27. The molecule has 1 heterocycles. The lowest BCUT2D eigenvalue weighted by Gasteiger charge is -2.40. The van der Waals surface area contributed by atoms with Gasteiger partial charge >= 0.3 is 5.97 Å². The Kier molecular flexibility index (Phi) is 3.26. The number of rotatable bonds is 4. The van der Waals surface area contributed by atoms with Gasteiger partial charge in [-0.2, -0.15) is 0 Å². The SMILES string of the molecule is Nc1ccc(SC2(CC(=O)O)CNC2)cc1F. The number of hydrogen-bond acceptors (Lipinski definition) is 4. The van der Waals surface area contributed by atoms with Gasteiger partial charge in [0.1, 0.15) is 5.82 Å². The molecule has 1 aromatic carbocycles. The van der Waals surface area contributed by atoms with Crippen molar-refractivity contribution in [3.8, 4) is 0 Å². The van der Waals surface area contributed by atoms with Crippen LogP contribution >= 0.6 is 11.8 Å². The molecule has 0 saturated carbocycles. The molecule has 0 spiro atoms. The highest BCUT2D eigenvalue weighted by molar-refractivity contribution is 8.00. The maximum absolute atomic E-state index is 13.3. The summed E-state index contributed by atoms with van der Waals surface area (Å²) in [6.45, 7) is 1.24. The first-order valence-electron chi connectivity index (χ1n) is 5.17. The smallest absolute Gasteiger partial charge is 0.304 e. The molecule has 1 aliphatic rings. The average molecular weight is 256 g/mol. The zero-order valence-corrected chi connectivity index (χ0v) is 9.89. The Balaban J connectivity index is 2.13. The van der Waals surface area contributed by atoms with Crippen molar-refractivity contribution in [2.45, 2.75) is 16.1 Å². The third kappa shape index (κ3) is 2.70. The number of nitrogen functional groups attached to an aromatic ring is 1. The number of carboxylic acids is 1. The number of anilines is 1. The van der Waals surface area contributed by atoms with Crippen LogP contribution < -0.4 is 11.1 Å². The molecule has 2 rings (SSSR count). The van der Waals surface area contributed by atoms with E-state index in [2.05, 4.69) is 5.32 Å². The summed E-state index contributed by atoms with van der Waals surface area (Å²) in [5.41, 5.74) is 5.49. The number of nitrogens with two attached hydrogens (primary N) is 1. The summed E-state index contributed by atoms with van der Waals surface area (Å²) in [6, 6.07) is 4.56. The van der Waals surface area contributed by atoms with Crippen molar-refractivity contribution < 1.29 is 14.3 Å². The highest BCUT2D eigenvalue weighted by Gasteiger charge is 2.40. The molecule has 0 radical (unpaired) electrons. The summed E-state index contributed by atoms with van der Waals surface area (Å²) in [4.78, 5) is 11.5. The van der Waals surface area contributed by atoms with E-state index in [4.69, 9.17) is 10.8 Å². The highest BCUT2D eigenvalue weighted by atomic mass is 32.2. The minimum Gasteiger partial charge on any atom is -0.481 e. The van der Waals surface area contributed by atoms with Crippen LogP contribution in [0.2, 0.25) is 0 Å². The van der Waals surface area contributed by atoms with E-state index in [1.54, 1.807) is 6.07 Å². The fourth-order valence-electron chi connectivity index (χ4n) is 1.73. The van der Waals surface area contributed by atoms with Crippen molar-refractivity contribution >= 4 is 23.4 Å². The molecule has 0 aliphatic carbocycles. The number of halogens is 1. The average Bonchev–Trinajstić information content (AvgIpc) is 2.19. The molecule has 6 heteroatoms. The summed E-state index contributed by atoms with van der Waals surface area (Å²) in [5, 5.41) is 11.9. The molecule has 0 aromatic heterocycles. The first kappa shape index (κ1) is 12.2. The van der Waals surface area contributed by atoms with Crippen LogP contribution in [-0.4, -0.2) is 28.9 Å². The maximum atomic E-state index is 13.3. The van der Waals surface area contributed by atoms with Gasteiger partial charge in [0.05, 0.1) is 16.9 Å². The largest absolute Gasteiger partial charge is 0.481 e. The Labute approximate surface area is 102 Å². The summed E-state index contributed by atoms with van der Waals surface area (Å²) >= 11 is 1.39. The van der Waals surface area contributed by atoms with E-state index in [1.165, 1.54) is 23.9 Å². The lowest BCUT2D eigenvalue weighted by molar-refractivity contribution is -0.138. The Morgan fingerprint density at radius 1 is 1.59 bits per heavy atom. The monoisotopic (exact) mass is 256 g/mol. The second-order valence-corrected chi connectivity index (χ2v) is 5.68. The summed E-state index contributed by atoms with van der Waals surface area (Å²) in [7, 11) is 0. The van der Waals surface area contributed by atoms with Crippen LogP contribution in [0.3, 0.4) is 0 Å². The van der Waals surface area contributed by atoms with Crippen LogP contribution in [0.15, 0.2) is 23.1 Å². The molecule has 1 aliphatic heterocycles. The van der Waals surface area contributed by atoms with Gasteiger partial charge in [-0.3, -0.25) is 4.79 Å². The first-order chi connectivity index (χ1) is 8.01. The van der Waals surface area contributed by atoms with Crippen LogP contribution in [0.25, 0.3) is 0 Å². The standard InChI is InChI=1S/C11H13FN2O2S/c12-8-3-7(1-2-9(8)13)17-11(4-10(15)16)5-14-6-11/h1-3,14H,4-6,13H2,(H,15,16). The highest BCUT2D eigenvalue weighted by Crippen LogP contribution is 2.39. The van der Waals surface area contributed by atoms with Crippen molar-refractivity contribution in [2.75, 3.05) is 18.8 Å². The van der Waals surface area contributed by atoms with Crippen LogP contribution in [0.1, 0.15) is 6.42 Å².